The van der Waals surface area contributed by atoms with Gasteiger partial charge in [-0.25, -0.2) is 0 Å². The predicted molar refractivity (Wildman–Crippen MR) is 140 cm³/mol. The van der Waals surface area contributed by atoms with Crippen LogP contribution in [0.3, 0.4) is 0 Å². The van der Waals surface area contributed by atoms with Crippen molar-refractivity contribution in [3.05, 3.63) is 95.1 Å². The average molecular weight is 476 g/mol. The lowest BCUT2D eigenvalue weighted by atomic mass is 10.1. The molecule has 0 aliphatic rings. The summed E-state index contributed by atoms with van der Waals surface area (Å²) in [6.07, 6.45) is 2.82. The molecule has 3 aromatic carbocycles. The zero-order valence-electron chi connectivity index (χ0n) is 19.6. The van der Waals surface area contributed by atoms with Crippen LogP contribution in [0.15, 0.2) is 79.0 Å². The van der Waals surface area contributed by atoms with E-state index in [1.54, 1.807) is 14.2 Å². The molecule has 0 aliphatic carbocycles. The minimum absolute atomic E-state index is 0.698. The van der Waals surface area contributed by atoms with Gasteiger partial charge in [0.2, 0.25) is 0 Å². The molecular weight excluding hydrogens is 446 g/mol. The number of halogens is 1. The molecule has 176 valence electrons. The maximum absolute atomic E-state index is 6.12. The Balaban J connectivity index is 1.42. The van der Waals surface area contributed by atoms with Gasteiger partial charge in [-0.1, -0.05) is 48.0 Å². The minimum Gasteiger partial charge on any atom is -0.493 e. The minimum atomic E-state index is 0.698. The van der Waals surface area contributed by atoms with Crippen molar-refractivity contribution in [3.63, 3.8) is 0 Å². The van der Waals surface area contributed by atoms with Crippen molar-refractivity contribution < 1.29 is 9.47 Å². The Kier molecular flexibility index (Phi) is 8.23. The molecule has 0 saturated carbocycles. The summed E-state index contributed by atoms with van der Waals surface area (Å²) in [4.78, 5) is 6.89. The van der Waals surface area contributed by atoms with Crippen molar-refractivity contribution in [1.29, 1.82) is 0 Å². The van der Waals surface area contributed by atoms with Crippen molar-refractivity contribution in [3.8, 4) is 11.5 Å². The van der Waals surface area contributed by atoms with Gasteiger partial charge in [0.25, 0.3) is 0 Å². The fourth-order valence-electron chi connectivity index (χ4n) is 4.09. The zero-order valence-corrected chi connectivity index (χ0v) is 20.4. The van der Waals surface area contributed by atoms with Crippen LogP contribution in [0.5, 0.6) is 11.5 Å². The van der Waals surface area contributed by atoms with E-state index in [9.17, 15) is 0 Å². The maximum atomic E-state index is 6.12. The van der Waals surface area contributed by atoms with Crippen LogP contribution in [0, 0.1) is 0 Å². The molecule has 4 rings (SSSR count). The summed E-state index contributed by atoms with van der Waals surface area (Å²) in [7, 11) is 3.33. The van der Waals surface area contributed by atoms with E-state index in [0.29, 0.717) is 5.02 Å². The van der Waals surface area contributed by atoms with Gasteiger partial charge in [0.05, 0.1) is 19.7 Å². The first-order chi connectivity index (χ1) is 16.7. The molecule has 0 radical (unpaired) electrons. The number of pyridine rings is 1. The summed E-state index contributed by atoms with van der Waals surface area (Å²) in [6.45, 7) is 3.52. The van der Waals surface area contributed by atoms with Gasteiger partial charge in [0, 0.05) is 48.5 Å². The first-order valence-corrected chi connectivity index (χ1v) is 11.8. The highest BCUT2D eigenvalue weighted by molar-refractivity contribution is 6.31. The second-order valence-corrected chi connectivity index (χ2v) is 8.62. The molecule has 0 atom stereocenters. The quantitative estimate of drug-likeness (QED) is 0.254. The van der Waals surface area contributed by atoms with Crippen molar-refractivity contribution >= 4 is 28.2 Å². The maximum Gasteiger partial charge on any atom is 0.161 e. The first kappa shape index (κ1) is 23.9. The summed E-state index contributed by atoms with van der Waals surface area (Å²) >= 11 is 6.12. The van der Waals surface area contributed by atoms with Crippen LogP contribution in [0.25, 0.3) is 10.9 Å². The molecule has 1 N–H and O–H groups in total. The Morgan fingerprint density at radius 3 is 2.44 bits per heavy atom. The van der Waals surface area contributed by atoms with Gasteiger partial charge in [-0.2, -0.15) is 0 Å². The second kappa shape index (κ2) is 11.7. The third-order valence-electron chi connectivity index (χ3n) is 5.77. The average Bonchev–Trinajstić information content (AvgIpc) is 2.86. The molecular formula is C28H30ClN3O2. The standard InChI is InChI=1S/C28H30ClN3O2/c1-33-27-12-9-22(17-28(27)34-2)20-32(19-21-7-4-3-5-8-21)16-6-14-30-25-13-15-31-26-18-23(29)10-11-24(25)26/h3-5,7-13,15,17-18H,6,14,16,19-20H2,1-2H3,(H,30,31). The van der Waals surface area contributed by atoms with E-state index >= 15 is 0 Å². The van der Waals surface area contributed by atoms with Crippen LogP contribution in [-0.2, 0) is 13.1 Å². The van der Waals surface area contributed by atoms with Gasteiger partial charge in [-0.3, -0.25) is 9.88 Å². The number of ether oxygens (including phenoxy) is 2. The molecule has 0 aliphatic heterocycles. The monoisotopic (exact) mass is 475 g/mol. The van der Waals surface area contributed by atoms with Gasteiger partial charge >= 0.3 is 0 Å². The molecule has 1 aromatic heterocycles. The molecule has 0 spiro atoms. The Morgan fingerprint density at radius 2 is 1.65 bits per heavy atom. The molecule has 5 nitrogen and oxygen atoms in total. The van der Waals surface area contributed by atoms with E-state index in [-0.39, 0.29) is 0 Å². The van der Waals surface area contributed by atoms with E-state index in [4.69, 9.17) is 21.1 Å². The highest BCUT2D eigenvalue weighted by Crippen LogP contribution is 2.28. The molecule has 4 aromatic rings. The number of nitrogens with one attached hydrogen (secondary N) is 1. The van der Waals surface area contributed by atoms with Gasteiger partial charge in [-0.05, 0) is 53.9 Å². The largest absolute Gasteiger partial charge is 0.493 e. The van der Waals surface area contributed by atoms with Crippen LogP contribution in [0.1, 0.15) is 17.5 Å². The van der Waals surface area contributed by atoms with Crippen LogP contribution in [-0.4, -0.2) is 37.2 Å². The van der Waals surface area contributed by atoms with E-state index < -0.39 is 0 Å². The molecule has 34 heavy (non-hydrogen) atoms. The Labute approximate surface area is 206 Å². The summed E-state index contributed by atoms with van der Waals surface area (Å²) in [6, 6.07) is 24.5. The lowest BCUT2D eigenvalue weighted by molar-refractivity contribution is 0.255. The molecule has 0 bridgehead atoms. The van der Waals surface area contributed by atoms with Crippen LogP contribution in [0.4, 0.5) is 5.69 Å². The first-order valence-electron chi connectivity index (χ1n) is 11.4. The summed E-state index contributed by atoms with van der Waals surface area (Å²) in [5.74, 6) is 1.50. The summed E-state index contributed by atoms with van der Waals surface area (Å²) < 4.78 is 10.9. The fraction of sp³-hybridized carbons (Fsp3) is 0.250. The molecule has 1 heterocycles. The normalized spacial score (nSPS) is 11.1. The van der Waals surface area contributed by atoms with Crippen LogP contribution >= 0.6 is 11.6 Å². The van der Waals surface area contributed by atoms with Crippen molar-refractivity contribution in [1.82, 2.24) is 9.88 Å². The lowest BCUT2D eigenvalue weighted by Gasteiger charge is -2.23. The summed E-state index contributed by atoms with van der Waals surface area (Å²) in [5, 5.41) is 5.36. The van der Waals surface area contributed by atoms with Crippen LogP contribution in [0.2, 0.25) is 5.02 Å². The Bertz CT molecular complexity index is 1220. The molecule has 0 amide bonds. The number of anilines is 1. The molecule has 0 unspecified atom stereocenters. The van der Waals surface area contributed by atoms with Gasteiger partial charge < -0.3 is 14.8 Å². The fourth-order valence-corrected chi connectivity index (χ4v) is 4.26. The molecule has 0 fully saturated rings. The Morgan fingerprint density at radius 1 is 0.853 bits per heavy atom. The number of rotatable bonds is 11. The Hall–Kier alpha value is -3.28. The number of nitrogens with zero attached hydrogens (tertiary/aromatic N) is 2. The molecule has 0 saturated heterocycles. The van der Waals surface area contributed by atoms with Crippen molar-refractivity contribution in [2.45, 2.75) is 19.5 Å². The van der Waals surface area contributed by atoms with Crippen LogP contribution < -0.4 is 14.8 Å². The topological polar surface area (TPSA) is 46.6 Å². The number of hydrogen-bond acceptors (Lipinski definition) is 5. The van der Waals surface area contributed by atoms with Gasteiger partial charge in [0.1, 0.15) is 0 Å². The van der Waals surface area contributed by atoms with E-state index in [0.717, 1.165) is 60.7 Å². The number of fused-ring (bicyclic) bond motifs is 1. The highest BCUT2D eigenvalue weighted by atomic mass is 35.5. The second-order valence-electron chi connectivity index (χ2n) is 8.19. The third kappa shape index (κ3) is 6.19. The number of aromatic nitrogens is 1. The van der Waals surface area contributed by atoms with E-state index in [2.05, 4.69) is 57.7 Å². The van der Waals surface area contributed by atoms with E-state index in [1.807, 2.05) is 36.5 Å². The predicted octanol–water partition coefficient (Wildman–Crippen LogP) is 6.41. The SMILES string of the molecule is COc1ccc(CN(CCCNc2ccnc3cc(Cl)ccc23)Cc2ccccc2)cc1OC. The smallest absolute Gasteiger partial charge is 0.161 e. The van der Waals surface area contributed by atoms with E-state index in [1.165, 1.54) is 11.1 Å². The van der Waals surface area contributed by atoms with Gasteiger partial charge in [-0.15, -0.1) is 0 Å². The number of benzene rings is 3. The van der Waals surface area contributed by atoms with Crippen molar-refractivity contribution in [2.75, 3.05) is 32.6 Å². The number of methoxy groups -OCH3 is 2. The summed E-state index contributed by atoms with van der Waals surface area (Å²) in [5.41, 5.74) is 4.47. The lowest BCUT2D eigenvalue weighted by Crippen LogP contribution is -2.25. The number of hydrogen-bond donors (Lipinski definition) is 1. The van der Waals surface area contributed by atoms with Crippen molar-refractivity contribution in [2.24, 2.45) is 0 Å². The highest BCUT2D eigenvalue weighted by Gasteiger charge is 2.11. The zero-order chi connectivity index (χ0) is 23.8. The van der Waals surface area contributed by atoms with Gasteiger partial charge in [0.15, 0.2) is 11.5 Å². The third-order valence-corrected chi connectivity index (χ3v) is 6.01. The molecule has 6 heteroatoms.